The lowest BCUT2D eigenvalue weighted by Gasteiger charge is -2.17. The van der Waals surface area contributed by atoms with Gasteiger partial charge < -0.3 is 9.15 Å². The first-order valence-corrected chi connectivity index (χ1v) is 7.65. The van der Waals surface area contributed by atoms with Crippen LogP contribution in [0.2, 0.25) is 0 Å². The van der Waals surface area contributed by atoms with Crippen LogP contribution in [0.15, 0.2) is 44.5 Å². The maximum atomic E-state index is 13.7. The van der Waals surface area contributed by atoms with Gasteiger partial charge in [-0.1, -0.05) is 5.92 Å². The molecule has 0 unspecified atom stereocenters. The minimum absolute atomic E-state index is 0.00736. The summed E-state index contributed by atoms with van der Waals surface area (Å²) in [5.74, 6) is -1.29. The van der Waals surface area contributed by atoms with E-state index in [0.717, 1.165) is 13.3 Å². The Hall–Kier alpha value is -3.41. The van der Waals surface area contributed by atoms with E-state index >= 15 is 0 Å². The van der Waals surface area contributed by atoms with Gasteiger partial charge in [0.1, 0.15) is 29.9 Å². The van der Waals surface area contributed by atoms with Gasteiger partial charge in [0.25, 0.3) is 5.56 Å². The summed E-state index contributed by atoms with van der Waals surface area (Å²) in [7, 11) is 1.03. The number of aromatic nitrogens is 2. The van der Waals surface area contributed by atoms with Crippen LogP contribution < -0.4 is 16.0 Å². The van der Waals surface area contributed by atoms with Crippen LogP contribution in [0.25, 0.3) is 16.7 Å². The molecular formula is C18H13F3N2O4. The van der Waals surface area contributed by atoms with E-state index in [0.29, 0.717) is 31.9 Å². The molecule has 0 spiro atoms. The number of terminal acetylenes is 1. The van der Waals surface area contributed by atoms with E-state index in [9.17, 15) is 22.8 Å². The molecule has 3 rings (SSSR count). The van der Waals surface area contributed by atoms with Crippen LogP contribution in [-0.2, 0) is 13.0 Å². The number of furan rings is 1. The molecule has 9 heteroatoms. The third kappa shape index (κ3) is 3.10. The van der Waals surface area contributed by atoms with Crippen LogP contribution in [0, 0.1) is 12.3 Å². The molecule has 0 atom stereocenters. The summed E-state index contributed by atoms with van der Waals surface area (Å²) in [6, 6.07) is 5.16. The molecule has 2 aromatic heterocycles. The van der Waals surface area contributed by atoms with Gasteiger partial charge in [0.15, 0.2) is 6.67 Å². The Morgan fingerprint density at radius 1 is 1.30 bits per heavy atom. The molecule has 0 fully saturated rings. The monoisotopic (exact) mass is 378 g/mol. The fourth-order valence-corrected chi connectivity index (χ4v) is 2.65. The van der Waals surface area contributed by atoms with E-state index in [4.69, 9.17) is 15.6 Å². The zero-order chi connectivity index (χ0) is 19.8. The van der Waals surface area contributed by atoms with Gasteiger partial charge in [-0.15, -0.1) is 6.42 Å². The Kier molecular flexibility index (Phi) is 4.57. The fraction of sp³-hybridized carbons (Fsp3) is 0.222. The lowest BCUT2D eigenvalue weighted by molar-refractivity contribution is -0.0358. The number of alkyl halides is 3. The van der Waals surface area contributed by atoms with Crippen molar-refractivity contribution in [2.75, 3.05) is 13.3 Å². The number of hydrogen-bond donors (Lipinski definition) is 0. The molecule has 0 saturated heterocycles. The second kappa shape index (κ2) is 6.72. The minimum Gasteiger partial charge on any atom is -0.481 e. The Balaban J connectivity index is 2.23. The Bertz CT molecular complexity index is 1170. The van der Waals surface area contributed by atoms with Crippen molar-refractivity contribution in [3.63, 3.8) is 0 Å². The Labute approximate surface area is 150 Å². The summed E-state index contributed by atoms with van der Waals surface area (Å²) in [5, 5.41) is 0.341. The maximum Gasteiger partial charge on any atom is 0.335 e. The average molecular weight is 378 g/mol. The molecule has 140 valence electrons. The summed E-state index contributed by atoms with van der Waals surface area (Å²) >= 11 is 0. The van der Waals surface area contributed by atoms with Crippen LogP contribution in [0.3, 0.4) is 0 Å². The Morgan fingerprint density at radius 3 is 2.70 bits per heavy atom. The SMILES string of the molecule is C#CCOc1ccc2occ(-n3c(=O)cc(C(F)(F)CF)n(C)c3=O)c2c1. The largest absolute Gasteiger partial charge is 0.481 e. The van der Waals surface area contributed by atoms with Gasteiger partial charge in [-0.3, -0.25) is 9.36 Å². The molecule has 0 aliphatic carbocycles. The van der Waals surface area contributed by atoms with Crippen molar-refractivity contribution in [3.05, 3.63) is 57.1 Å². The first-order valence-electron chi connectivity index (χ1n) is 7.65. The number of hydrogen-bond acceptors (Lipinski definition) is 4. The molecule has 0 aliphatic heterocycles. The molecule has 6 nitrogen and oxygen atoms in total. The quantitative estimate of drug-likeness (QED) is 0.640. The van der Waals surface area contributed by atoms with E-state index in [1.807, 2.05) is 0 Å². The van der Waals surface area contributed by atoms with Gasteiger partial charge >= 0.3 is 11.6 Å². The molecule has 2 heterocycles. The molecule has 0 saturated carbocycles. The van der Waals surface area contributed by atoms with Gasteiger partial charge in [0, 0.05) is 18.5 Å². The van der Waals surface area contributed by atoms with Crippen molar-refractivity contribution in [3.8, 4) is 23.8 Å². The van der Waals surface area contributed by atoms with Crippen molar-refractivity contribution in [2.45, 2.75) is 5.92 Å². The topological polar surface area (TPSA) is 66.4 Å². The highest BCUT2D eigenvalue weighted by Crippen LogP contribution is 2.29. The van der Waals surface area contributed by atoms with Crippen molar-refractivity contribution in [1.29, 1.82) is 0 Å². The third-order valence-corrected chi connectivity index (χ3v) is 3.95. The Morgan fingerprint density at radius 2 is 2.04 bits per heavy atom. The summed E-state index contributed by atoms with van der Waals surface area (Å²) < 4.78 is 51.8. The first-order chi connectivity index (χ1) is 12.8. The van der Waals surface area contributed by atoms with Crippen molar-refractivity contribution < 1.29 is 22.3 Å². The molecule has 0 N–H and O–H groups in total. The van der Waals surface area contributed by atoms with E-state index in [-0.39, 0.29) is 12.3 Å². The van der Waals surface area contributed by atoms with Crippen molar-refractivity contribution in [2.24, 2.45) is 7.05 Å². The van der Waals surface area contributed by atoms with Gasteiger partial charge in [-0.05, 0) is 18.2 Å². The smallest absolute Gasteiger partial charge is 0.335 e. The van der Waals surface area contributed by atoms with Gasteiger partial charge in [-0.2, -0.15) is 8.78 Å². The predicted molar refractivity (Wildman–Crippen MR) is 91.2 cm³/mol. The average Bonchev–Trinajstić information content (AvgIpc) is 3.06. The number of nitrogens with zero attached hydrogens (tertiary/aromatic N) is 2. The number of fused-ring (bicyclic) bond motifs is 1. The van der Waals surface area contributed by atoms with E-state index in [2.05, 4.69) is 5.92 Å². The maximum absolute atomic E-state index is 13.7. The second-order valence-corrected chi connectivity index (χ2v) is 5.65. The molecule has 3 aromatic rings. The van der Waals surface area contributed by atoms with E-state index in [1.165, 1.54) is 6.07 Å². The molecule has 0 bridgehead atoms. The predicted octanol–water partition coefficient (Wildman–Crippen LogP) is 2.36. The highest BCUT2D eigenvalue weighted by atomic mass is 19.3. The lowest BCUT2D eigenvalue weighted by atomic mass is 10.2. The number of ether oxygens (including phenoxy) is 1. The van der Waals surface area contributed by atoms with Gasteiger partial charge in [0.2, 0.25) is 0 Å². The summed E-state index contributed by atoms with van der Waals surface area (Å²) in [4.78, 5) is 24.9. The van der Waals surface area contributed by atoms with Crippen LogP contribution >= 0.6 is 0 Å². The molecule has 0 radical (unpaired) electrons. The minimum atomic E-state index is -3.96. The summed E-state index contributed by atoms with van der Waals surface area (Å²) in [6.07, 6.45) is 6.28. The molecular weight excluding hydrogens is 365 g/mol. The van der Waals surface area contributed by atoms with E-state index in [1.54, 1.807) is 12.1 Å². The molecule has 1 aromatic carbocycles. The highest BCUT2D eigenvalue weighted by molar-refractivity contribution is 5.87. The first kappa shape index (κ1) is 18.4. The van der Waals surface area contributed by atoms with Crippen LogP contribution in [-0.4, -0.2) is 22.4 Å². The number of benzene rings is 1. The van der Waals surface area contributed by atoms with Crippen molar-refractivity contribution >= 4 is 11.0 Å². The lowest BCUT2D eigenvalue weighted by Crippen LogP contribution is -2.41. The normalized spacial score (nSPS) is 11.5. The standard InChI is InChI=1S/C18H13F3N2O4/c1-3-6-26-11-4-5-14-12(7-11)13(9-27-14)23-16(24)8-15(18(20,21)10-19)22(2)17(23)25/h1,4-5,7-9H,6,10H2,2H3. The summed E-state index contributed by atoms with van der Waals surface area (Å²) in [5.41, 5.74) is -2.74. The van der Waals surface area contributed by atoms with E-state index < -0.39 is 29.5 Å². The van der Waals surface area contributed by atoms with Gasteiger partial charge in [0.05, 0.1) is 5.69 Å². The molecule has 0 amide bonds. The zero-order valence-electron chi connectivity index (χ0n) is 14.0. The number of halogens is 3. The summed E-state index contributed by atoms with van der Waals surface area (Å²) in [6.45, 7) is -2.03. The van der Waals surface area contributed by atoms with Crippen LogP contribution in [0.4, 0.5) is 13.2 Å². The second-order valence-electron chi connectivity index (χ2n) is 5.65. The fourth-order valence-electron chi connectivity index (χ4n) is 2.65. The molecule has 27 heavy (non-hydrogen) atoms. The van der Waals surface area contributed by atoms with Gasteiger partial charge in [-0.25, -0.2) is 13.8 Å². The van der Waals surface area contributed by atoms with Crippen LogP contribution in [0.5, 0.6) is 5.75 Å². The highest BCUT2D eigenvalue weighted by Gasteiger charge is 2.35. The molecule has 0 aliphatic rings. The zero-order valence-corrected chi connectivity index (χ0v) is 14.0. The third-order valence-electron chi connectivity index (χ3n) is 3.95. The van der Waals surface area contributed by atoms with Crippen molar-refractivity contribution in [1.82, 2.24) is 9.13 Å². The van der Waals surface area contributed by atoms with Crippen LogP contribution in [0.1, 0.15) is 5.69 Å². The number of rotatable bonds is 5.